The Labute approximate surface area is 249 Å². The van der Waals surface area contributed by atoms with Gasteiger partial charge in [0.2, 0.25) is 0 Å². The van der Waals surface area contributed by atoms with Gasteiger partial charge in [-0.2, -0.15) is 10.1 Å². The van der Waals surface area contributed by atoms with Crippen LogP contribution in [-0.2, 0) is 16.6 Å². The van der Waals surface area contributed by atoms with Crippen molar-refractivity contribution in [1.29, 1.82) is 0 Å². The Bertz CT molecular complexity index is 1800. The van der Waals surface area contributed by atoms with Gasteiger partial charge < -0.3 is 19.6 Å². The maximum Gasteiger partial charge on any atom is 0.315 e. The highest BCUT2D eigenvalue weighted by molar-refractivity contribution is 5.92. The number of carbonyl (C=O) groups is 1. The van der Waals surface area contributed by atoms with Gasteiger partial charge >= 0.3 is 11.8 Å². The molecule has 0 bridgehead atoms. The maximum atomic E-state index is 13.0. The number of aromatic nitrogens is 7. The van der Waals surface area contributed by atoms with E-state index >= 15 is 0 Å². The van der Waals surface area contributed by atoms with Gasteiger partial charge in [0, 0.05) is 36.1 Å². The molecule has 4 aromatic heterocycles. The number of amides is 1. The molecule has 222 valence electrons. The summed E-state index contributed by atoms with van der Waals surface area (Å²) in [6.07, 6.45) is 8.39. The molecular weight excluding hydrogens is 544 g/mol. The Morgan fingerprint density at radius 3 is 2.72 bits per heavy atom. The number of carbonyl (C=O) groups excluding carboxylic acids is 1. The third-order valence-electron chi connectivity index (χ3n) is 8.59. The van der Waals surface area contributed by atoms with Crippen molar-refractivity contribution in [3.63, 3.8) is 0 Å². The number of H-pyrrole nitrogens is 1. The monoisotopic (exact) mass is 580 g/mol. The first-order chi connectivity index (χ1) is 20.8. The van der Waals surface area contributed by atoms with Crippen molar-refractivity contribution < 1.29 is 14.1 Å². The minimum atomic E-state index is -0.346. The van der Waals surface area contributed by atoms with Crippen LogP contribution in [0.2, 0.25) is 0 Å². The van der Waals surface area contributed by atoms with Crippen LogP contribution in [-0.4, -0.2) is 54.0 Å². The minimum Gasteiger partial charge on any atom is -0.381 e. The van der Waals surface area contributed by atoms with Crippen molar-refractivity contribution in [3.05, 3.63) is 65.2 Å². The molecule has 1 aliphatic heterocycles. The van der Waals surface area contributed by atoms with E-state index in [0.29, 0.717) is 17.5 Å². The van der Waals surface area contributed by atoms with Crippen molar-refractivity contribution >= 4 is 17.1 Å². The second-order valence-corrected chi connectivity index (χ2v) is 12.6. The highest BCUT2D eigenvalue weighted by atomic mass is 16.5. The van der Waals surface area contributed by atoms with Crippen molar-refractivity contribution in [2.45, 2.75) is 77.3 Å². The second kappa shape index (κ2) is 10.7. The zero-order chi connectivity index (χ0) is 29.7. The number of rotatable bonds is 5. The van der Waals surface area contributed by atoms with Crippen molar-refractivity contribution in [2.24, 2.45) is 0 Å². The average molecular weight is 581 g/mol. The molecule has 2 N–H and O–H groups in total. The van der Waals surface area contributed by atoms with Crippen molar-refractivity contribution in [1.82, 2.24) is 40.2 Å². The zero-order valence-electron chi connectivity index (χ0n) is 25.0. The summed E-state index contributed by atoms with van der Waals surface area (Å²) in [5, 5.41) is 11.8. The summed E-state index contributed by atoms with van der Waals surface area (Å²) in [4.78, 5) is 30.3. The fourth-order valence-corrected chi connectivity index (χ4v) is 6.20. The third-order valence-corrected chi connectivity index (χ3v) is 8.59. The topological polar surface area (TPSA) is 137 Å². The first kappa shape index (κ1) is 27.5. The smallest absolute Gasteiger partial charge is 0.315 e. The van der Waals surface area contributed by atoms with Gasteiger partial charge in [0.15, 0.2) is 11.5 Å². The molecule has 0 saturated carbocycles. The van der Waals surface area contributed by atoms with Gasteiger partial charge in [0.25, 0.3) is 0 Å². The SMILES string of the molecule is Cc1c(-c2nc3nccc(-c4ccc5c(c4)CCCC5NC(=O)c4nc(C(C)(C)C)no4)c3[nH]2)cnn1C1CCOCC1. The fourth-order valence-electron chi connectivity index (χ4n) is 6.20. The summed E-state index contributed by atoms with van der Waals surface area (Å²) in [7, 11) is 0. The molecule has 2 aliphatic rings. The van der Waals surface area contributed by atoms with Crippen LogP contribution in [0.5, 0.6) is 0 Å². The van der Waals surface area contributed by atoms with Gasteiger partial charge in [-0.05, 0) is 61.8 Å². The maximum absolute atomic E-state index is 13.0. The summed E-state index contributed by atoms with van der Waals surface area (Å²) in [5.41, 5.74) is 7.78. The normalized spacial score (nSPS) is 17.7. The van der Waals surface area contributed by atoms with E-state index in [1.54, 1.807) is 6.20 Å². The predicted molar refractivity (Wildman–Crippen MR) is 161 cm³/mol. The van der Waals surface area contributed by atoms with E-state index in [9.17, 15) is 4.79 Å². The molecule has 5 aromatic rings. The van der Waals surface area contributed by atoms with Crippen LogP contribution in [0.4, 0.5) is 0 Å². The average Bonchev–Trinajstić information content (AvgIpc) is 3.75. The van der Waals surface area contributed by atoms with E-state index in [1.807, 2.05) is 33.0 Å². The van der Waals surface area contributed by atoms with Crippen molar-refractivity contribution in [2.75, 3.05) is 13.2 Å². The number of fused-ring (bicyclic) bond motifs is 2. The Kier molecular flexibility index (Phi) is 6.84. The molecule has 1 atom stereocenters. The number of imidazole rings is 1. The molecule has 1 amide bonds. The third kappa shape index (κ3) is 5.11. The quantitative estimate of drug-likeness (QED) is 0.273. The van der Waals surface area contributed by atoms with Crippen LogP contribution in [0.25, 0.3) is 33.7 Å². The Morgan fingerprint density at radius 1 is 1.09 bits per heavy atom. The van der Waals surface area contributed by atoms with Gasteiger partial charge in [-0.3, -0.25) is 9.48 Å². The summed E-state index contributed by atoms with van der Waals surface area (Å²) >= 11 is 0. The fraction of sp³-hybridized carbons (Fsp3) is 0.438. The highest BCUT2D eigenvalue weighted by Crippen LogP contribution is 2.36. The van der Waals surface area contributed by atoms with Crippen LogP contribution in [0.1, 0.15) is 91.9 Å². The van der Waals surface area contributed by atoms with Gasteiger partial charge in [0.05, 0.1) is 29.4 Å². The summed E-state index contributed by atoms with van der Waals surface area (Å²) in [5.74, 6) is 0.931. The van der Waals surface area contributed by atoms with E-state index in [2.05, 4.69) is 55.2 Å². The number of pyridine rings is 1. The molecule has 5 heterocycles. The number of nitrogens with zero attached hydrogens (tertiary/aromatic N) is 6. The van der Waals surface area contributed by atoms with Crippen molar-refractivity contribution in [3.8, 4) is 22.5 Å². The number of hydrogen-bond acceptors (Lipinski definition) is 8. The summed E-state index contributed by atoms with van der Waals surface area (Å²) < 4.78 is 12.9. The zero-order valence-corrected chi connectivity index (χ0v) is 25.0. The lowest BCUT2D eigenvalue weighted by molar-refractivity contribution is 0.0657. The standard InChI is InChI=1S/C32H36N8O3/c1-18-24(17-34-40(18)21-11-14-42-15-12-21)27-36-26-23(10-13-33-28(26)37-27)20-8-9-22-19(16-20)6-5-7-25(22)35-29(41)30-38-31(39-43-30)32(2,3)4/h8-10,13,16-17,21,25H,5-7,11-12,14-15H2,1-4H3,(H,35,41)(H,33,36,37). The second-order valence-electron chi connectivity index (χ2n) is 12.6. The Hall–Kier alpha value is -4.38. The Morgan fingerprint density at radius 2 is 1.93 bits per heavy atom. The number of nitrogens with one attached hydrogen (secondary N) is 2. The predicted octanol–water partition coefficient (Wildman–Crippen LogP) is 5.64. The molecule has 1 aliphatic carbocycles. The lowest BCUT2D eigenvalue weighted by Gasteiger charge is -2.26. The molecule has 0 radical (unpaired) electrons. The molecule has 43 heavy (non-hydrogen) atoms. The molecule has 1 unspecified atom stereocenters. The molecule has 1 aromatic carbocycles. The lowest BCUT2D eigenvalue weighted by atomic mass is 9.85. The van der Waals surface area contributed by atoms with Crippen LogP contribution in [0.3, 0.4) is 0 Å². The molecule has 0 spiro atoms. The van der Waals surface area contributed by atoms with E-state index in [0.717, 1.165) is 84.6 Å². The van der Waals surface area contributed by atoms with Gasteiger partial charge in [-0.15, -0.1) is 0 Å². The van der Waals surface area contributed by atoms with Crippen LogP contribution in [0, 0.1) is 6.92 Å². The number of ether oxygens (including phenoxy) is 1. The molecule has 11 heteroatoms. The van der Waals surface area contributed by atoms with Gasteiger partial charge in [0.1, 0.15) is 5.82 Å². The molecule has 1 saturated heterocycles. The van der Waals surface area contributed by atoms with Crippen LogP contribution in [0.15, 0.2) is 41.2 Å². The van der Waals surface area contributed by atoms with E-state index in [1.165, 1.54) is 5.56 Å². The van der Waals surface area contributed by atoms with E-state index in [-0.39, 0.29) is 23.3 Å². The molecular formula is C32H36N8O3. The highest BCUT2D eigenvalue weighted by Gasteiger charge is 2.28. The first-order valence-electron chi connectivity index (χ1n) is 15.0. The molecule has 11 nitrogen and oxygen atoms in total. The number of hydrogen-bond donors (Lipinski definition) is 2. The first-order valence-corrected chi connectivity index (χ1v) is 15.0. The minimum absolute atomic E-state index is 0.00330. The lowest BCUT2D eigenvalue weighted by Crippen LogP contribution is -2.31. The van der Waals surface area contributed by atoms with Crippen LogP contribution < -0.4 is 5.32 Å². The summed E-state index contributed by atoms with van der Waals surface area (Å²) in [6, 6.07) is 8.70. The largest absolute Gasteiger partial charge is 0.381 e. The van der Waals surface area contributed by atoms with Gasteiger partial charge in [-0.1, -0.05) is 44.1 Å². The van der Waals surface area contributed by atoms with E-state index < -0.39 is 0 Å². The number of aryl methyl sites for hydroxylation is 1. The Balaban J connectivity index is 1.16. The van der Waals surface area contributed by atoms with E-state index in [4.69, 9.17) is 19.3 Å². The van der Waals surface area contributed by atoms with Gasteiger partial charge in [-0.25, -0.2) is 9.97 Å². The number of aromatic amines is 1. The summed E-state index contributed by atoms with van der Waals surface area (Å²) in [6.45, 7) is 9.58. The molecule has 1 fully saturated rings. The number of benzene rings is 1. The molecule has 7 rings (SSSR count). The van der Waals surface area contributed by atoms with Crippen LogP contribution >= 0.6 is 0 Å².